The van der Waals surface area contributed by atoms with Gasteiger partial charge < -0.3 is 20.9 Å². The molecule has 1 aromatic rings. The molecule has 136 valence electrons. The van der Waals surface area contributed by atoms with Gasteiger partial charge in [0.25, 0.3) is 11.8 Å². The van der Waals surface area contributed by atoms with Crippen molar-refractivity contribution in [2.75, 3.05) is 6.61 Å². The van der Waals surface area contributed by atoms with Crippen LogP contribution in [0.3, 0.4) is 0 Å². The van der Waals surface area contributed by atoms with Crippen LogP contribution in [0, 0.1) is 0 Å². The Kier molecular flexibility index (Phi) is 8.27. The van der Waals surface area contributed by atoms with Crippen LogP contribution >= 0.6 is 0 Å². The molecule has 1 aromatic carbocycles. The Balaban J connectivity index is 2.45. The number of rotatable bonds is 8. The molecule has 0 aromatic heterocycles. The van der Waals surface area contributed by atoms with E-state index in [4.69, 9.17) is 16.2 Å². The van der Waals surface area contributed by atoms with E-state index in [1.807, 2.05) is 0 Å². The molecule has 1 rings (SSSR count). The molecular formula is C15H20N4O6. The smallest absolute Gasteiger partial charge is 0.405 e. The Hall–Kier alpha value is -3.30. The first-order valence-corrected chi connectivity index (χ1v) is 7.43. The van der Waals surface area contributed by atoms with Gasteiger partial charge in [-0.25, -0.2) is 9.59 Å². The predicted octanol–water partition coefficient (Wildman–Crippen LogP) is 0.177. The molecule has 0 aliphatic heterocycles. The van der Waals surface area contributed by atoms with E-state index < -0.39 is 30.1 Å². The maximum Gasteiger partial charge on any atom is 0.405 e. The number of hydrogen-bond donors (Lipinski definition) is 4. The monoisotopic (exact) mass is 352 g/mol. The lowest BCUT2D eigenvalue weighted by Crippen LogP contribution is -2.48. The number of primary amides is 2. The number of nitrogens with two attached hydrogens (primary N) is 2. The van der Waals surface area contributed by atoms with Crippen molar-refractivity contribution in [2.45, 2.75) is 25.4 Å². The van der Waals surface area contributed by atoms with Crippen molar-refractivity contribution in [1.29, 1.82) is 0 Å². The molecule has 0 fully saturated rings. The summed E-state index contributed by atoms with van der Waals surface area (Å²) < 4.78 is 9.26. The quantitative estimate of drug-likeness (QED) is 0.385. The molecule has 0 aliphatic rings. The first-order chi connectivity index (χ1) is 11.9. The minimum atomic E-state index is -1.19. The summed E-state index contributed by atoms with van der Waals surface area (Å²) in [6.45, 7) is 0.0744. The molecule has 0 heterocycles. The highest BCUT2D eigenvalue weighted by atomic mass is 16.6. The van der Waals surface area contributed by atoms with Crippen molar-refractivity contribution in [2.24, 2.45) is 11.5 Å². The van der Waals surface area contributed by atoms with Crippen LogP contribution in [0.5, 0.6) is 0 Å². The fourth-order valence-corrected chi connectivity index (χ4v) is 1.85. The lowest BCUT2D eigenvalue weighted by Gasteiger charge is -2.16. The van der Waals surface area contributed by atoms with E-state index in [2.05, 4.69) is 15.6 Å². The SMILES string of the molecule is NC(=O)OCCCCC(OC(N)=O)C(=O)NNC(=O)c1ccccc1. The van der Waals surface area contributed by atoms with Crippen LogP contribution in [0.25, 0.3) is 0 Å². The summed E-state index contributed by atoms with van der Waals surface area (Å²) in [7, 11) is 0. The summed E-state index contributed by atoms with van der Waals surface area (Å²) in [6, 6.07) is 8.22. The van der Waals surface area contributed by atoms with Crippen molar-refractivity contribution in [3.8, 4) is 0 Å². The normalized spacial score (nSPS) is 11.0. The summed E-state index contributed by atoms with van der Waals surface area (Å²) in [5.74, 6) is -1.26. The van der Waals surface area contributed by atoms with Gasteiger partial charge in [0.05, 0.1) is 6.61 Å². The van der Waals surface area contributed by atoms with Crippen LogP contribution in [0.15, 0.2) is 30.3 Å². The molecule has 0 saturated carbocycles. The molecule has 1 atom stereocenters. The van der Waals surface area contributed by atoms with Crippen LogP contribution in [-0.4, -0.2) is 36.7 Å². The highest BCUT2D eigenvalue weighted by molar-refractivity contribution is 5.95. The van der Waals surface area contributed by atoms with Gasteiger partial charge in [0.2, 0.25) is 0 Å². The average molecular weight is 352 g/mol. The molecule has 0 saturated heterocycles. The first kappa shape index (κ1) is 19.7. The Bertz CT molecular complexity index is 607. The Morgan fingerprint density at radius 1 is 0.960 bits per heavy atom. The van der Waals surface area contributed by atoms with E-state index in [-0.39, 0.29) is 13.0 Å². The van der Waals surface area contributed by atoms with E-state index in [9.17, 15) is 19.2 Å². The predicted molar refractivity (Wildman–Crippen MR) is 85.9 cm³/mol. The summed E-state index contributed by atoms with van der Waals surface area (Å²) in [5.41, 5.74) is 14.5. The molecule has 0 bridgehead atoms. The summed E-state index contributed by atoms with van der Waals surface area (Å²) in [4.78, 5) is 45.2. The molecule has 4 amide bonds. The molecule has 6 N–H and O–H groups in total. The van der Waals surface area contributed by atoms with Gasteiger partial charge >= 0.3 is 12.2 Å². The van der Waals surface area contributed by atoms with E-state index in [0.29, 0.717) is 18.4 Å². The van der Waals surface area contributed by atoms with Crippen molar-refractivity contribution >= 4 is 24.0 Å². The van der Waals surface area contributed by atoms with Crippen LogP contribution in [0.2, 0.25) is 0 Å². The van der Waals surface area contributed by atoms with Gasteiger partial charge in [-0.3, -0.25) is 20.4 Å². The zero-order valence-corrected chi connectivity index (χ0v) is 13.4. The van der Waals surface area contributed by atoms with Gasteiger partial charge in [-0.2, -0.15) is 0 Å². The van der Waals surface area contributed by atoms with Crippen LogP contribution in [0.1, 0.15) is 29.6 Å². The molecule has 0 aliphatic carbocycles. The summed E-state index contributed by atoms with van der Waals surface area (Å²) in [5, 5.41) is 0. The molecule has 0 spiro atoms. The van der Waals surface area contributed by atoms with Gasteiger partial charge in [0.15, 0.2) is 6.10 Å². The minimum Gasteiger partial charge on any atom is -0.450 e. The van der Waals surface area contributed by atoms with E-state index >= 15 is 0 Å². The maximum absolute atomic E-state index is 12.0. The topological polar surface area (TPSA) is 163 Å². The second-order valence-electron chi connectivity index (χ2n) is 4.90. The number of carbonyl (C=O) groups is 4. The third-order valence-electron chi connectivity index (χ3n) is 2.99. The molecule has 10 nitrogen and oxygen atoms in total. The van der Waals surface area contributed by atoms with E-state index in [0.717, 1.165) is 0 Å². The molecule has 25 heavy (non-hydrogen) atoms. The molecule has 1 unspecified atom stereocenters. The second kappa shape index (κ2) is 10.5. The highest BCUT2D eigenvalue weighted by Crippen LogP contribution is 2.06. The standard InChI is InChI=1S/C15H20N4O6/c16-14(22)24-9-5-4-8-11(25-15(17)23)13(21)19-18-12(20)10-6-2-1-3-7-10/h1-3,6-7,11H,4-5,8-9H2,(H2,16,22)(H2,17,23)(H,18,20)(H,19,21). The lowest BCUT2D eigenvalue weighted by molar-refractivity contribution is -0.130. The van der Waals surface area contributed by atoms with Crippen molar-refractivity contribution in [1.82, 2.24) is 10.9 Å². The number of hydrogen-bond acceptors (Lipinski definition) is 6. The number of nitrogens with one attached hydrogen (secondary N) is 2. The van der Waals surface area contributed by atoms with E-state index in [1.54, 1.807) is 30.3 Å². The first-order valence-electron chi connectivity index (χ1n) is 7.43. The maximum atomic E-state index is 12.0. The van der Waals surface area contributed by atoms with Crippen LogP contribution in [-0.2, 0) is 14.3 Å². The lowest BCUT2D eigenvalue weighted by atomic mass is 10.1. The number of benzene rings is 1. The van der Waals surface area contributed by atoms with Crippen molar-refractivity contribution in [3.05, 3.63) is 35.9 Å². The highest BCUT2D eigenvalue weighted by Gasteiger charge is 2.22. The molecule has 0 radical (unpaired) electrons. The largest absolute Gasteiger partial charge is 0.450 e. The number of hydrazine groups is 1. The second-order valence-corrected chi connectivity index (χ2v) is 4.90. The van der Waals surface area contributed by atoms with Crippen molar-refractivity contribution < 1.29 is 28.7 Å². The fourth-order valence-electron chi connectivity index (χ4n) is 1.85. The summed E-state index contributed by atoms with van der Waals surface area (Å²) >= 11 is 0. The average Bonchev–Trinajstić information content (AvgIpc) is 2.58. The van der Waals surface area contributed by atoms with Gasteiger partial charge in [-0.15, -0.1) is 0 Å². The van der Waals surface area contributed by atoms with Gasteiger partial charge in [0, 0.05) is 5.56 Å². The Labute approximate surface area is 143 Å². The van der Waals surface area contributed by atoms with Crippen LogP contribution in [0.4, 0.5) is 9.59 Å². The van der Waals surface area contributed by atoms with Gasteiger partial charge in [-0.05, 0) is 31.4 Å². The number of amides is 4. The Morgan fingerprint density at radius 3 is 2.24 bits per heavy atom. The third-order valence-corrected chi connectivity index (χ3v) is 2.99. The summed E-state index contributed by atoms with van der Waals surface area (Å²) in [6.07, 6.45) is -2.29. The van der Waals surface area contributed by atoms with Crippen molar-refractivity contribution in [3.63, 3.8) is 0 Å². The molecular weight excluding hydrogens is 332 g/mol. The van der Waals surface area contributed by atoms with Gasteiger partial charge in [0.1, 0.15) is 0 Å². The fraction of sp³-hybridized carbons (Fsp3) is 0.333. The number of ether oxygens (including phenoxy) is 2. The van der Waals surface area contributed by atoms with Crippen LogP contribution < -0.4 is 22.3 Å². The molecule has 10 heteroatoms. The minimum absolute atomic E-state index is 0.0744. The number of unbranched alkanes of at least 4 members (excludes halogenated alkanes) is 1. The zero-order chi connectivity index (χ0) is 18.7. The zero-order valence-electron chi connectivity index (χ0n) is 13.4. The van der Waals surface area contributed by atoms with Gasteiger partial charge in [-0.1, -0.05) is 18.2 Å². The third kappa shape index (κ3) is 8.21. The Morgan fingerprint density at radius 2 is 1.64 bits per heavy atom. The number of carbonyl (C=O) groups excluding carboxylic acids is 4. The van der Waals surface area contributed by atoms with E-state index in [1.165, 1.54) is 0 Å².